The van der Waals surface area contributed by atoms with Crippen LogP contribution < -0.4 is 5.32 Å². The van der Waals surface area contributed by atoms with Gasteiger partial charge in [-0.3, -0.25) is 0 Å². The van der Waals surface area contributed by atoms with Gasteiger partial charge in [0.25, 0.3) is 0 Å². The minimum atomic E-state index is 0.288. The summed E-state index contributed by atoms with van der Waals surface area (Å²) >= 11 is 0. The average molecular weight is 280 g/mol. The maximum absolute atomic E-state index is 6.49. The first-order chi connectivity index (χ1) is 9.76. The highest BCUT2D eigenvalue weighted by atomic mass is 16.5. The predicted molar refractivity (Wildman–Crippen MR) is 83.0 cm³/mol. The quantitative estimate of drug-likeness (QED) is 0.857. The van der Waals surface area contributed by atoms with Gasteiger partial charge >= 0.3 is 0 Å². The van der Waals surface area contributed by atoms with Gasteiger partial charge < -0.3 is 15.0 Å². The monoisotopic (exact) mass is 280 g/mol. The molecule has 116 valence electrons. The Morgan fingerprint density at radius 2 is 1.90 bits per heavy atom. The van der Waals surface area contributed by atoms with E-state index in [-0.39, 0.29) is 5.60 Å². The first kappa shape index (κ1) is 14.8. The highest BCUT2D eigenvalue weighted by molar-refractivity contribution is 4.92. The van der Waals surface area contributed by atoms with Crippen molar-refractivity contribution in [3.05, 3.63) is 0 Å². The molecule has 2 unspecified atom stereocenters. The van der Waals surface area contributed by atoms with Crippen molar-refractivity contribution in [3.8, 4) is 0 Å². The molecule has 2 saturated heterocycles. The molecule has 0 aromatic heterocycles. The second-order valence-corrected chi connectivity index (χ2v) is 7.46. The number of nitrogens with zero attached hydrogens (tertiary/aromatic N) is 1. The third kappa shape index (κ3) is 3.75. The van der Waals surface area contributed by atoms with Crippen LogP contribution in [0.4, 0.5) is 0 Å². The highest BCUT2D eigenvalue weighted by Crippen LogP contribution is 2.41. The SMILES string of the molecule is CN(CC1CCCNC1)CC1CCC2(CCCCC2)O1. The molecular formula is C17H32N2O. The summed E-state index contributed by atoms with van der Waals surface area (Å²) in [5.74, 6) is 0.846. The number of ether oxygens (including phenoxy) is 1. The fraction of sp³-hybridized carbons (Fsp3) is 1.00. The zero-order valence-electron chi connectivity index (χ0n) is 13.2. The summed E-state index contributed by atoms with van der Waals surface area (Å²) in [7, 11) is 2.28. The fourth-order valence-corrected chi connectivity index (χ4v) is 4.53. The third-order valence-corrected chi connectivity index (χ3v) is 5.59. The van der Waals surface area contributed by atoms with Crippen molar-refractivity contribution in [2.75, 3.05) is 33.2 Å². The Morgan fingerprint density at radius 3 is 2.65 bits per heavy atom. The average Bonchev–Trinajstić information content (AvgIpc) is 2.83. The van der Waals surface area contributed by atoms with Gasteiger partial charge in [-0.1, -0.05) is 19.3 Å². The van der Waals surface area contributed by atoms with Crippen LogP contribution in [-0.4, -0.2) is 49.8 Å². The van der Waals surface area contributed by atoms with E-state index < -0.39 is 0 Å². The summed E-state index contributed by atoms with van der Waals surface area (Å²) in [6.07, 6.45) is 12.7. The second kappa shape index (κ2) is 6.76. The van der Waals surface area contributed by atoms with Crippen molar-refractivity contribution >= 4 is 0 Å². The molecule has 1 spiro atoms. The molecule has 1 aliphatic carbocycles. The van der Waals surface area contributed by atoms with Gasteiger partial charge in [0.15, 0.2) is 0 Å². The first-order valence-corrected chi connectivity index (χ1v) is 8.83. The molecule has 2 atom stereocenters. The van der Waals surface area contributed by atoms with Crippen molar-refractivity contribution in [2.45, 2.75) is 69.5 Å². The van der Waals surface area contributed by atoms with Gasteiger partial charge in [-0.25, -0.2) is 0 Å². The largest absolute Gasteiger partial charge is 0.370 e. The Kier molecular flexibility index (Phi) is 5.00. The zero-order chi connectivity index (χ0) is 13.8. The second-order valence-electron chi connectivity index (χ2n) is 7.46. The maximum atomic E-state index is 6.49. The minimum Gasteiger partial charge on any atom is -0.370 e. The number of hydrogen-bond acceptors (Lipinski definition) is 3. The van der Waals surface area contributed by atoms with Crippen LogP contribution >= 0.6 is 0 Å². The van der Waals surface area contributed by atoms with E-state index >= 15 is 0 Å². The Balaban J connectivity index is 1.41. The molecule has 3 nitrogen and oxygen atoms in total. The zero-order valence-corrected chi connectivity index (χ0v) is 13.2. The topological polar surface area (TPSA) is 24.5 Å². The molecule has 2 aliphatic heterocycles. The molecule has 1 saturated carbocycles. The summed E-state index contributed by atoms with van der Waals surface area (Å²) in [5.41, 5.74) is 0.288. The van der Waals surface area contributed by atoms with Crippen LogP contribution in [0.25, 0.3) is 0 Å². The van der Waals surface area contributed by atoms with Crippen LogP contribution in [-0.2, 0) is 4.74 Å². The van der Waals surface area contributed by atoms with Crippen LogP contribution in [0.15, 0.2) is 0 Å². The van der Waals surface area contributed by atoms with Crippen molar-refractivity contribution in [2.24, 2.45) is 5.92 Å². The van der Waals surface area contributed by atoms with E-state index in [0.29, 0.717) is 6.10 Å². The van der Waals surface area contributed by atoms with Crippen LogP contribution in [0.5, 0.6) is 0 Å². The first-order valence-electron chi connectivity index (χ1n) is 8.83. The van der Waals surface area contributed by atoms with Crippen molar-refractivity contribution in [1.29, 1.82) is 0 Å². The van der Waals surface area contributed by atoms with E-state index in [0.717, 1.165) is 12.5 Å². The fourth-order valence-electron chi connectivity index (χ4n) is 4.53. The van der Waals surface area contributed by atoms with E-state index in [4.69, 9.17) is 4.74 Å². The molecule has 0 aromatic rings. The van der Waals surface area contributed by atoms with Gasteiger partial charge in [-0.15, -0.1) is 0 Å². The summed E-state index contributed by atoms with van der Waals surface area (Å²) in [4.78, 5) is 2.52. The van der Waals surface area contributed by atoms with E-state index in [2.05, 4.69) is 17.3 Å². The molecule has 2 heterocycles. The molecule has 1 N–H and O–H groups in total. The molecule has 3 aliphatic rings. The number of hydrogen-bond donors (Lipinski definition) is 1. The van der Waals surface area contributed by atoms with E-state index in [9.17, 15) is 0 Å². The van der Waals surface area contributed by atoms with Gasteiger partial charge in [0.1, 0.15) is 0 Å². The van der Waals surface area contributed by atoms with E-state index in [1.807, 2.05) is 0 Å². The van der Waals surface area contributed by atoms with Gasteiger partial charge in [-0.05, 0) is 64.6 Å². The molecule has 0 aromatic carbocycles. The lowest BCUT2D eigenvalue weighted by molar-refractivity contribution is -0.0709. The lowest BCUT2D eigenvalue weighted by atomic mass is 9.83. The van der Waals surface area contributed by atoms with Crippen LogP contribution in [0.2, 0.25) is 0 Å². The molecule has 3 rings (SSSR count). The van der Waals surface area contributed by atoms with Gasteiger partial charge in [0.2, 0.25) is 0 Å². The molecular weight excluding hydrogens is 248 g/mol. The van der Waals surface area contributed by atoms with E-state index in [1.165, 1.54) is 77.4 Å². The number of likely N-dealkylation sites (N-methyl/N-ethyl adjacent to an activating group) is 1. The Morgan fingerprint density at radius 1 is 1.05 bits per heavy atom. The van der Waals surface area contributed by atoms with Crippen LogP contribution in [0.3, 0.4) is 0 Å². The minimum absolute atomic E-state index is 0.288. The summed E-state index contributed by atoms with van der Waals surface area (Å²) in [6, 6.07) is 0. The lowest BCUT2D eigenvalue weighted by Crippen LogP contribution is -2.40. The molecule has 0 bridgehead atoms. The molecule has 0 amide bonds. The predicted octanol–water partition coefficient (Wildman–Crippen LogP) is 2.80. The Bertz CT molecular complexity index is 295. The molecule has 0 radical (unpaired) electrons. The Hall–Kier alpha value is -0.120. The van der Waals surface area contributed by atoms with Crippen molar-refractivity contribution in [1.82, 2.24) is 10.2 Å². The summed E-state index contributed by atoms with van der Waals surface area (Å²) in [6.45, 7) is 4.80. The smallest absolute Gasteiger partial charge is 0.0710 e. The molecule has 20 heavy (non-hydrogen) atoms. The number of nitrogens with one attached hydrogen (secondary N) is 1. The maximum Gasteiger partial charge on any atom is 0.0710 e. The van der Waals surface area contributed by atoms with Gasteiger partial charge in [0, 0.05) is 13.1 Å². The van der Waals surface area contributed by atoms with E-state index in [1.54, 1.807) is 0 Å². The Labute approximate surface area is 124 Å². The third-order valence-electron chi connectivity index (χ3n) is 5.59. The lowest BCUT2D eigenvalue weighted by Gasteiger charge is -2.34. The van der Waals surface area contributed by atoms with Gasteiger partial charge in [-0.2, -0.15) is 0 Å². The normalized spacial score (nSPS) is 33.9. The number of rotatable bonds is 4. The van der Waals surface area contributed by atoms with Crippen LogP contribution in [0.1, 0.15) is 57.8 Å². The van der Waals surface area contributed by atoms with Crippen LogP contribution in [0, 0.1) is 5.92 Å². The highest BCUT2D eigenvalue weighted by Gasteiger charge is 2.40. The summed E-state index contributed by atoms with van der Waals surface area (Å²) < 4.78 is 6.49. The molecule has 3 heteroatoms. The summed E-state index contributed by atoms with van der Waals surface area (Å²) in [5, 5.41) is 3.52. The number of piperidine rings is 1. The molecule has 3 fully saturated rings. The van der Waals surface area contributed by atoms with Crippen molar-refractivity contribution < 1.29 is 4.74 Å². The van der Waals surface area contributed by atoms with Gasteiger partial charge in [0.05, 0.1) is 11.7 Å². The standard InChI is InChI=1S/C17H32N2O/c1-19(13-15-6-5-11-18-12-15)14-16-7-10-17(20-16)8-3-2-4-9-17/h15-16,18H,2-14H2,1H3. The van der Waals surface area contributed by atoms with Crippen molar-refractivity contribution in [3.63, 3.8) is 0 Å².